The van der Waals surface area contributed by atoms with E-state index in [2.05, 4.69) is 36.5 Å². The van der Waals surface area contributed by atoms with E-state index in [0.29, 0.717) is 11.6 Å². The van der Waals surface area contributed by atoms with E-state index in [-0.39, 0.29) is 11.6 Å². The van der Waals surface area contributed by atoms with E-state index in [4.69, 9.17) is 9.62 Å². The Kier molecular flexibility index (Phi) is 4.67. The predicted molar refractivity (Wildman–Crippen MR) is 118 cm³/mol. The summed E-state index contributed by atoms with van der Waals surface area (Å²) in [5, 5.41) is 11.8. The summed E-state index contributed by atoms with van der Waals surface area (Å²) in [6.45, 7) is 4.12. The number of nitrogens with zero attached hydrogens (tertiary/aromatic N) is 3. The number of aromatic nitrogens is 3. The molecule has 0 saturated carbocycles. The highest BCUT2D eigenvalue weighted by Crippen LogP contribution is 2.37. The average Bonchev–Trinajstić information content (AvgIpc) is 3.46. The van der Waals surface area contributed by atoms with Gasteiger partial charge in [-0.15, -0.1) is 0 Å². The highest BCUT2D eigenvalue weighted by Gasteiger charge is 2.26. The normalized spacial score (nSPS) is 12.7. The van der Waals surface area contributed by atoms with Gasteiger partial charge in [0.1, 0.15) is 5.82 Å². The third-order valence-corrected chi connectivity index (χ3v) is 6.14. The molecule has 30 heavy (non-hydrogen) atoms. The molecule has 6 nitrogen and oxygen atoms in total. The maximum atomic E-state index is 13.0. The third kappa shape index (κ3) is 3.31. The summed E-state index contributed by atoms with van der Waals surface area (Å²) < 4.78 is 7.24. The Morgan fingerprint density at radius 3 is 2.73 bits per heavy atom. The summed E-state index contributed by atoms with van der Waals surface area (Å²) in [6, 6.07) is 17.5. The van der Waals surface area contributed by atoms with Crippen molar-refractivity contribution in [3.05, 3.63) is 82.7 Å². The Morgan fingerprint density at radius 1 is 1.10 bits per heavy atom. The predicted octanol–water partition coefficient (Wildman–Crippen LogP) is 5.14. The smallest absolute Gasteiger partial charge is 0.279 e. The number of anilines is 1. The Bertz CT molecular complexity index is 1240. The van der Waals surface area contributed by atoms with Crippen molar-refractivity contribution in [3.63, 3.8) is 0 Å². The van der Waals surface area contributed by atoms with Gasteiger partial charge in [0.15, 0.2) is 11.5 Å². The van der Waals surface area contributed by atoms with Gasteiger partial charge in [0, 0.05) is 28.7 Å². The third-order valence-electron chi connectivity index (χ3n) is 5.17. The zero-order chi connectivity index (χ0) is 20.7. The van der Waals surface area contributed by atoms with Gasteiger partial charge < -0.3 is 9.84 Å². The lowest BCUT2D eigenvalue weighted by molar-refractivity contribution is 0.101. The summed E-state index contributed by atoms with van der Waals surface area (Å²) in [6.07, 6.45) is 0. The van der Waals surface area contributed by atoms with Crippen LogP contribution in [0.5, 0.6) is 0 Å². The molecular weight excluding hydrogens is 396 g/mol. The highest BCUT2D eigenvalue weighted by molar-refractivity contribution is 7.98. The number of amides is 1. The van der Waals surface area contributed by atoms with Crippen LogP contribution in [0.4, 0.5) is 5.82 Å². The number of carbonyl (C=O) groups excluding carboxylic acids is 1. The minimum atomic E-state index is -0.313. The van der Waals surface area contributed by atoms with Gasteiger partial charge in [-0.05, 0) is 25.5 Å². The maximum Gasteiger partial charge on any atom is 0.279 e. The molecular formula is C23H20N4O2S. The van der Waals surface area contributed by atoms with Gasteiger partial charge in [-0.2, -0.15) is 16.9 Å². The molecule has 3 heterocycles. The topological polar surface area (TPSA) is 73.0 Å². The lowest BCUT2D eigenvalue weighted by Gasteiger charge is -2.13. The van der Waals surface area contributed by atoms with E-state index in [1.54, 1.807) is 17.8 Å². The Hall–Kier alpha value is -3.32. The van der Waals surface area contributed by atoms with Crippen LogP contribution in [0.3, 0.4) is 0 Å². The molecule has 0 unspecified atom stereocenters. The van der Waals surface area contributed by atoms with Gasteiger partial charge in [0.25, 0.3) is 5.91 Å². The standard InChI is InChI=1S/C23H20N4O2S/c1-14-8-9-20(15(2)10-14)27-22(17-12-30-13-19(17)25-27)24-23(28)18-11-21(29-26-18)16-6-4-3-5-7-16/h3-11H,12-13H2,1-2H3,(H,24,28). The van der Waals surface area contributed by atoms with Crippen molar-refractivity contribution >= 4 is 23.5 Å². The van der Waals surface area contributed by atoms with Gasteiger partial charge in [-0.1, -0.05) is 53.2 Å². The van der Waals surface area contributed by atoms with Crippen LogP contribution < -0.4 is 5.32 Å². The van der Waals surface area contributed by atoms with Gasteiger partial charge >= 0.3 is 0 Å². The van der Waals surface area contributed by atoms with E-state index in [1.165, 1.54) is 5.56 Å². The van der Waals surface area contributed by atoms with E-state index in [1.807, 2.05) is 41.1 Å². The molecule has 4 aromatic rings. The number of aryl methyl sites for hydroxylation is 2. The first-order valence-electron chi connectivity index (χ1n) is 9.70. The largest absolute Gasteiger partial charge is 0.355 e. The first-order valence-corrected chi connectivity index (χ1v) is 10.9. The van der Waals surface area contributed by atoms with Crippen molar-refractivity contribution in [2.75, 3.05) is 5.32 Å². The van der Waals surface area contributed by atoms with Crippen molar-refractivity contribution in [2.24, 2.45) is 0 Å². The fourth-order valence-corrected chi connectivity index (χ4v) is 4.69. The van der Waals surface area contributed by atoms with Crippen LogP contribution in [0.2, 0.25) is 0 Å². The first kappa shape index (κ1) is 18.7. The fourth-order valence-electron chi connectivity index (χ4n) is 3.65. The molecule has 0 aliphatic carbocycles. The molecule has 1 N–H and O–H groups in total. The van der Waals surface area contributed by atoms with Crippen molar-refractivity contribution in [3.8, 4) is 17.0 Å². The first-order chi connectivity index (χ1) is 14.6. The minimum absolute atomic E-state index is 0.238. The lowest BCUT2D eigenvalue weighted by Crippen LogP contribution is -2.17. The van der Waals surface area contributed by atoms with Crippen molar-refractivity contribution < 1.29 is 9.32 Å². The minimum Gasteiger partial charge on any atom is -0.355 e. The molecule has 150 valence electrons. The number of nitrogens with one attached hydrogen (secondary N) is 1. The second kappa shape index (κ2) is 7.50. The van der Waals surface area contributed by atoms with Crippen molar-refractivity contribution in [1.82, 2.24) is 14.9 Å². The lowest BCUT2D eigenvalue weighted by atomic mass is 10.1. The van der Waals surface area contributed by atoms with Gasteiger partial charge in [0.05, 0.1) is 11.4 Å². The molecule has 0 atom stereocenters. The second-order valence-corrected chi connectivity index (χ2v) is 8.35. The van der Waals surface area contributed by atoms with E-state index in [9.17, 15) is 4.79 Å². The summed E-state index contributed by atoms with van der Waals surface area (Å²) in [5.74, 6) is 2.62. The van der Waals surface area contributed by atoms with Gasteiger partial charge in [0.2, 0.25) is 0 Å². The quantitative estimate of drug-likeness (QED) is 0.498. The molecule has 1 amide bonds. The zero-order valence-electron chi connectivity index (χ0n) is 16.7. The van der Waals surface area contributed by atoms with Gasteiger partial charge in [-0.3, -0.25) is 4.79 Å². The summed E-state index contributed by atoms with van der Waals surface area (Å²) in [5.41, 5.74) is 6.45. The summed E-state index contributed by atoms with van der Waals surface area (Å²) in [4.78, 5) is 13.0. The number of hydrogen-bond donors (Lipinski definition) is 1. The number of carbonyl (C=O) groups is 1. The van der Waals surface area contributed by atoms with E-state index in [0.717, 1.165) is 39.6 Å². The molecule has 0 fully saturated rings. The molecule has 0 spiro atoms. The molecule has 1 aliphatic rings. The Balaban J connectivity index is 1.49. The van der Waals surface area contributed by atoms with Crippen LogP contribution >= 0.6 is 11.8 Å². The van der Waals surface area contributed by atoms with Gasteiger partial charge in [-0.25, -0.2) is 4.68 Å². The van der Waals surface area contributed by atoms with Crippen LogP contribution in [-0.4, -0.2) is 20.8 Å². The van der Waals surface area contributed by atoms with Crippen molar-refractivity contribution in [2.45, 2.75) is 25.4 Å². The summed E-state index contributed by atoms with van der Waals surface area (Å²) >= 11 is 1.80. The Labute approximate surface area is 178 Å². The molecule has 7 heteroatoms. The molecule has 2 aromatic heterocycles. The number of rotatable bonds is 4. The number of thioether (sulfide) groups is 1. The summed E-state index contributed by atoms with van der Waals surface area (Å²) in [7, 11) is 0. The number of fused-ring (bicyclic) bond motifs is 1. The molecule has 5 rings (SSSR count). The van der Waals surface area contributed by atoms with Crippen LogP contribution in [-0.2, 0) is 11.5 Å². The van der Waals surface area contributed by atoms with Crippen LogP contribution in [0.25, 0.3) is 17.0 Å². The molecule has 0 radical (unpaired) electrons. The zero-order valence-corrected chi connectivity index (χ0v) is 17.5. The second-order valence-electron chi connectivity index (χ2n) is 7.36. The molecule has 0 saturated heterocycles. The Morgan fingerprint density at radius 2 is 1.93 bits per heavy atom. The molecule has 1 aliphatic heterocycles. The van der Waals surface area contributed by atoms with Crippen LogP contribution in [0, 0.1) is 13.8 Å². The SMILES string of the molecule is Cc1ccc(-n2nc3c(c2NC(=O)c2cc(-c4ccccc4)on2)CSC3)c(C)c1. The van der Waals surface area contributed by atoms with E-state index < -0.39 is 0 Å². The fraction of sp³-hybridized carbons (Fsp3) is 0.174. The molecule has 2 aromatic carbocycles. The van der Waals surface area contributed by atoms with Crippen molar-refractivity contribution in [1.29, 1.82) is 0 Å². The highest BCUT2D eigenvalue weighted by atomic mass is 32.2. The average molecular weight is 417 g/mol. The van der Waals surface area contributed by atoms with Crippen LogP contribution in [0.15, 0.2) is 59.1 Å². The number of hydrogen-bond acceptors (Lipinski definition) is 5. The maximum absolute atomic E-state index is 13.0. The van der Waals surface area contributed by atoms with E-state index >= 15 is 0 Å². The monoisotopic (exact) mass is 416 g/mol. The molecule has 0 bridgehead atoms. The number of benzene rings is 2. The van der Waals surface area contributed by atoms with Crippen LogP contribution in [0.1, 0.15) is 32.9 Å².